The number of aromatic nitrogens is 2. The van der Waals surface area contributed by atoms with Gasteiger partial charge in [-0.15, -0.1) is 0 Å². The molecule has 3 rings (SSSR count). The van der Waals surface area contributed by atoms with Gasteiger partial charge in [0.1, 0.15) is 0 Å². The summed E-state index contributed by atoms with van der Waals surface area (Å²) in [5, 5.41) is 6.87. The van der Waals surface area contributed by atoms with E-state index < -0.39 is 0 Å². The van der Waals surface area contributed by atoms with Crippen molar-refractivity contribution in [3.05, 3.63) is 77.6 Å². The number of hydrogen-bond donors (Lipinski definition) is 3. The minimum absolute atomic E-state index is 0.621. The Labute approximate surface area is 155 Å². The molecule has 0 fully saturated rings. The number of unbranched alkanes of at least 4 members (excludes halogenated alkanes) is 2. The van der Waals surface area contributed by atoms with Gasteiger partial charge in [-0.25, -0.2) is 0 Å². The van der Waals surface area contributed by atoms with Crippen molar-refractivity contribution in [2.45, 2.75) is 32.6 Å². The summed E-state index contributed by atoms with van der Waals surface area (Å²) in [7, 11) is 0. The molecule has 0 aliphatic rings. The van der Waals surface area contributed by atoms with Gasteiger partial charge in [0.2, 0.25) is 0 Å². The molecule has 1 aromatic heterocycles. The quantitative estimate of drug-likeness (QED) is 0.327. The van der Waals surface area contributed by atoms with Crippen molar-refractivity contribution < 1.29 is 0 Å². The standard InChI is InChI=1S/C14H14N2.C8H14N2/c15-13-9-8-12(10-14(13)16)7-6-11-4-2-1-3-5-11;1-2-3-4-5-8-6-7-9-10-8/h1-10H,15-16H2;6-7H,2-5H2,1H3,(H,9,10). The number of nitrogens with zero attached hydrogens (tertiary/aromatic N) is 1. The highest BCUT2D eigenvalue weighted by Gasteiger charge is 1.94. The largest absolute Gasteiger partial charge is 0.397 e. The lowest BCUT2D eigenvalue weighted by atomic mass is 10.1. The summed E-state index contributed by atoms with van der Waals surface area (Å²) in [4.78, 5) is 0. The molecule has 26 heavy (non-hydrogen) atoms. The van der Waals surface area contributed by atoms with E-state index in [1.165, 1.54) is 25.0 Å². The number of rotatable bonds is 6. The fourth-order valence-corrected chi connectivity index (χ4v) is 2.44. The Morgan fingerprint density at radius 1 is 0.885 bits per heavy atom. The summed E-state index contributed by atoms with van der Waals surface area (Å²) in [6.45, 7) is 2.21. The summed E-state index contributed by atoms with van der Waals surface area (Å²) in [5.41, 5.74) is 16.0. The first-order chi connectivity index (χ1) is 12.7. The number of aromatic amines is 1. The zero-order valence-corrected chi connectivity index (χ0v) is 15.4. The molecule has 0 unspecified atom stereocenters. The second kappa shape index (κ2) is 10.8. The fraction of sp³-hybridized carbons (Fsp3) is 0.227. The van der Waals surface area contributed by atoms with E-state index in [1.807, 2.05) is 60.8 Å². The predicted octanol–water partition coefficient (Wildman–Crippen LogP) is 5.16. The van der Waals surface area contributed by atoms with Crippen LogP contribution in [0.1, 0.15) is 43.0 Å². The third-order valence-corrected chi connectivity index (χ3v) is 3.97. The van der Waals surface area contributed by atoms with Crippen molar-refractivity contribution in [1.82, 2.24) is 10.2 Å². The lowest BCUT2D eigenvalue weighted by Crippen LogP contribution is -1.93. The lowest BCUT2D eigenvalue weighted by molar-refractivity contribution is 0.705. The maximum Gasteiger partial charge on any atom is 0.0622 e. The summed E-state index contributed by atoms with van der Waals surface area (Å²) in [5.74, 6) is 0. The summed E-state index contributed by atoms with van der Waals surface area (Å²) >= 11 is 0. The normalized spacial score (nSPS) is 10.5. The Morgan fingerprint density at radius 3 is 2.31 bits per heavy atom. The number of anilines is 2. The van der Waals surface area contributed by atoms with Crippen molar-refractivity contribution in [2.75, 3.05) is 11.5 Å². The van der Waals surface area contributed by atoms with E-state index in [2.05, 4.69) is 29.3 Å². The molecule has 0 radical (unpaired) electrons. The van der Waals surface area contributed by atoms with Crippen LogP contribution in [0, 0.1) is 0 Å². The number of nitrogens with one attached hydrogen (secondary N) is 1. The third-order valence-electron chi connectivity index (χ3n) is 3.97. The zero-order chi connectivity index (χ0) is 18.6. The molecule has 0 spiro atoms. The molecule has 0 amide bonds. The van der Waals surface area contributed by atoms with E-state index in [0.29, 0.717) is 11.4 Å². The highest BCUT2D eigenvalue weighted by Crippen LogP contribution is 2.17. The molecule has 0 aliphatic carbocycles. The molecule has 136 valence electrons. The first-order valence-electron chi connectivity index (χ1n) is 9.06. The molecule has 3 aromatic rings. The summed E-state index contributed by atoms with van der Waals surface area (Å²) in [6, 6.07) is 17.8. The summed E-state index contributed by atoms with van der Waals surface area (Å²) < 4.78 is 0. The van der Waals surface area contributed by atoms with Crippen LogP contribution in [0.2, 0.25) is 0 Å². The number of nitrogen functional groups attached to an aromatic ring is 2. The topological polar surface area (TPSA) is 80.7 Å². The highest BCUT2D eigenvalue weighted by atomic mass is 15.1. The van der Waals surface area contributed by atoms with Crippen LogP contribution in [-0.2, 0) is 6.42 Å². The number of nitrogens with two attached hydrogens (primary N) is 2. The molecule has 0 saturated carbocycles. The number of aryl methyl sites for hydroxylation is 1. The Balaban J connectivity index is 0.000000209. The highest BCUT2D eigenvalue weighted by molar-refractivity contribution is 5.74. The Bertz CT molecular complexity index is 777. The minimum atomic E-state index is 0.621. The van der Waals surface area contributed by atoms with Crippen molar-refractivity contribution in [3.63, 3.8) is 0 Å². The lowest BCUT2D eigenvalue weighted by Gasteiger charge is -2.00. The number of hydrogen-bond acceptors (Lipinski definition) is 3. The molecule has 0 saturated heterocycles. The number of H-pyrrole nitrogens is 1. The zero-order valence-electron chi connectivity index (χ0n) is 15.4. The van der Waals surface area contributed by atoms with Crippen molar-refractivity contribution in [1.29, 1.82) is 0 Å². The predicted molar refractivity (Wildman–Crippen MR) is 112 cm³/mol. The van der Waals surface area contributed by atoms with E-state index in [1.54, 1.807) is 0 Å². The van der Waals surface area contributed by atoms with Gasteiger partial charge in [0.05, 0.1) is 17.1 Å². The first-order valence-corrected chi connectivity index (χ1v) is 9.06. The van der Waals surface area contributed by atoms with E-state index in [-0.39, 0.29) is 0 Å². The molecule has 2 aromatic carbocycles. The monoisotopic (exact) mass is 348 g/mol. The molecule has 0 atom stereocenters. The first kappa shape index (κ1) is 19.3. The van der Waals surface area contributed by atoms with Gasteiger partial charge in [-0.05, 0) is 42.2 Å². The maximum absolute atomic E-state index is 5.73. The minimum Gasteiger partial charge on any atom is -0.397 e. The van der Waals surface area contributed by atoms with Crippen molar-refractivity contribution >= 4 is 23.5 Å². The smallest absolute Gasteiger partial charge is 0.0622 e. The molecular weight excluding hydrogens is 320 g/mol. The van der Waals surface area contributed by atoms with Gasteiger partial charge in [-0.3, -0.25) is 5.10 Å². The van der Waals surface area contributed by atoms with Crippen molar-refractivity contribution in [2.24, 2.45) is 0 Å². The van der Waals surface area contributed by atoms with Gasteiger partial charge < -0.3 is 11.5 Å². The molecule has 4 nitrogen and oxygen atoms in total. The van der Waals surface area contributed by atoms with E-state index in [9.17, 15) is 0 Å². The summed E-state index contributed by atoms with van der Waals surface area (Å²) in [6.07, 6.45) is 10.9. The number of benzene rings is 2. The Kier molecular flexibility index (Phi) is 8.00. The SMILES string of the molecule is CCCCCc1cc[nH]n1.Nc1ccc(C=Cc2ccccc2)cc1N. The van der Waals surface area contributed by atoms with Crippen LogP contribution in [0.15, 0.2) is 60.8 Å². The van der Waals surface area contributed by atoms with Crippen LogP contribution >= 0.6 is 0 Å². The van der Waals surface area contributed by atoms with Gasteiger partial charge in [0, 0.05) is 6.20 Å². The molecule has 1 heterocycles. The van der Waals surface area contributed by atoms with Gasteiger partial charge in [0.15, 0.2) is 0 Å². The van der Waals surface area contributed by atoms with Crippen molar-refractivity contribution in [3.8, 4) is 0 Å². The maximum atomic E-state index is 5.73. The second-order valence-corrected chi connectivity index (χ2v) is 6.16. The van der Waals surface area contributed by atoms with Crippen LogP contribution in [0.4, 0.5) is 11.4 Å². The van der Waals surface area contributed by atoms with Crippen LogP contribution < -0.4 is 11.5 Å². The van der Waals surface area contributed by atoms with E-state index in [4.69, 9.17) is 11.5 Å². The van der Waals surface area contributed by atoms with E-state index >= 15 is 0 Å². The molecular formula is C22H28N4. The second-order valence-electron chi connectivity index (χ2n) is 6.16. The average Bonchev–Trinajstić information content (AvgIpc) is 3.18. The molecule has 5 N–H and O–H groups in total. The average molecular weight is 348 g/mol. The van der Waals surface area contributed by atoms with Gasteiger partial charge >= 0.3 is 0 Å². The van der Waals surface area contributed by atoms with Gasteiger partial charge in [-0.1, -0.05) is 68.3 Å². The van der Waals surface area contributed by atoms with Crippen LogP contribution in [-0.4, -0.2) is 10.2 Å². The molecule has 0 bridgehead atoms. The van der Waals surface area contributed by atoms with Crippen LogP contribution in [0.25, 0.3) is 12.2 Å². The fourth-order valence-electron chi connectivity index (χ4n) is 2.44. The van der Waals surface area contributed by atoms with Gasteiger partial charge in [0.25, 0.3) is 0 Å². The third kappa shape index (κ3) is 6.85. The Morgan fingerprint density at radius 2 is 1.65 bits per heavy atom. The molecule has 0 aliphatic heterocycles. The Hall–Kier alpha value is -3.01. The van der Waals surface area contributed by atoms with Crippen LogP contribution in [0.3, 0.4) is 0 Å². The van der Waals surface area contributed by atoms with Gasteiger partial charge in [-0.2, -0.15) is 5.10 Å². The molecule has 4 heteroatoms. The van der Waals surface area contributed by atoms with Crippen LogP contribution in [0.5, 0.6) is 0 Å². The van der Waals surface area contributed by atoms with E-state index in [0.717, 1.165) is 17.5 Å².